The summed E-state index contributed by atoms with van der Waals surface area (Å²) in [6.07, 6.45) is 0. The molecule has 21 heavy (non-hydrogen) atoms. The molecule has 1 heterocycles. The highest BCUT2D eigenvalue weighted by atomic mass is 16.2. The molecule has 1 aromatic rings. The summed E-state index contributed by atoms with van der Waals surface area (Å²) in [6.45, 7) is 8.06. The SMILES string of the molecule is CC(C)C(=O)N1CCN(Cc2ccc(C(N)=O)cc2)CC1. The molecule has 0 aliphatic carbocycles. The van der Waals surface area contributed by atoms with Crippen molar-refractivity contribution >= 4 is 11.8 Å². The van der Waals surface area contributed by atoms with Crippen molar-refractivity contribution in [3.63, 3.8) is 0 Å². The van der Waals surface area contributed by atoms with Crippen LogP contribution in [0.3, 0.4) is 0 Å². The number of nitrogens with zero attached hydrogens (tertiary/aromatic N) is 2. The van der Waals surface area contributed by atoms with Gasteiger partial charge in [0, 0.05) is 44.2 Å². The Bertz CT molecular complexity index is 503. The molecule has 2 rings (SSSR count). The monoisotopic (exact) mass is 289 g/mol. The molecule has 114 valence electrons. The maximum Gasteiger partial charge on any atom is 0.248 e. The summed E-state index contributed by atoms with van der Waals surface area (Å²) in [5.41, 5.74) is 6.92. The van der Waals surface area contributed by atoms with Crippen LogP contribution in [-0.4, -0.2) is 47.8 Å². The fourth-order valence-corrected chi connectivity index (χ4v) is 2.52. The zero-order valence-electron chi connectivity index (χ0n) is 12.7. The van der Waals surface area contributed by atoms with Gasteiger partial charge in [0.05, 0.1) is 0 Å². The van der Waals surface area contributed by atoms with Crippen LogP contribution in [0.25, 0.3) is 0 Å². The largest absolute Gasteiger partial charge is 0.366 e. The number of piperazine rings is 1. The lowest BCUT2D eigenvalue weighted by Crippen LogP contribution is -2.49. The first kappa shape index (κ1) is 15.5. The van der Waals surface area contributed by atoms with E-state index < -0.39 is 5.91 Å². The molecule has 0 spiro atoms. The molecule has 5 heteroatoms. The summed E-state index contributed by atoms with van der Waals surface area (Å²) >= 11 is 0. The smallest absolute Gasteiger partial charge is 0.248 e. The summed E-state index contributed by atoms with van der Waals surface area (Å²) in [7, 11) is 0. The second-order valence-electron chi connectivity index (χ2n) is 5.82. The molecule has 0 radical (unpaired) electrons. The Morgan fingerprint density at radius 3 is 2.14 bits per heavy atom. The van der Waals surface area contributed by atoms with Gasteiger partial charge in [-0.1, -0.05) is 26.0 Å². The highest BCUT2D eigenvalue weighted by molar-refractivity contribution is 5.92. The molecule has 0 bridgehead atoms. The molecule has 1 saturated heterocycles. The second-order valence-corrected chi connectivity index (χ2v) is 5.82. The van der Waals surface area contributed by atoms with Gasteiger partial charge in [-0.15, -0.1) is 0 Å². The van der Waals surface area contributed by atoms with Crippen LogP contribution in [0.15, 0.2) is 24.3 Å². The number of carbonyl (C=O) groups is 2. The molecular formula is C16H23N3O2. The Morgan fingerprint density at radius 2 is 1.67 bits per heavy atom. The summed E-state index contributed by atoms with van der Waals surface area (Å²) in [5, 5.41) is 0. The van der Waals surface area contributed by atoms with E-state index in [9.17, 15) is 9.59 Å². The van der Waals surface area contributed by atoms with E-state index in [0.29, 0.717) is 5.56 Å². The van der Waals surface area contributed by atoms with Gasteiger partial charge in [-0.25, -0.2) is 0 Å². The Hall–Kier alpha value is -1.88. The topological polar surface area (TPSA) is 66.6 Å². The zero-order chi connectivity index (χ0) is 15.4. The minimum atomic E-state index is -0.401. The number of hydrogen-bond acceptors (Lipinski definition) is 3. The van der Waals surface area contributed by atoms with Crippen LogP contribution < -0.4 is 5.73 Å². The maximum absolute atomic E-state index is 11.9. The van der Waals surface area contributed by atoms with Crippen molar-refractivity contribution in [2.45, 2.75) is 20.4 Å². The predicted molar refractivity (Wildman–Crippen MR) is 81.7 cm³/mol. The van der Waals surface area contributed by atoms with Gasteiger partial charge in [0.15, 0.2) is 0 Å². The highest BCUT2D eigenvalue weighted by Gasteiger charge is 2.22. The first-order chi connectivity index (χ1) is 9.97. The molecule has 0 unspecified atom stereocenters. The van der Waals surface area contributed by atoms with Crippen molar-refractivity contribution in [3.8, 4) is 0 Å². The molecule has 0 saturated carbocycles. The van der Waals surface area contributed by atoms with Crippen molar-refractivity contribution in [2.24, 2.45) is 11.7 Å². The molecule has 0 atom stereocenters. The number of rotatable bonds is 4. The molecule has 2 amide bonds. The molecule has 5 nitrogen and oxygen atoms in total. The van der Waals surface area contributed by atoms with Gasteiger partial charge >= 0.3 is 0 Å². The average Bonchev–Trinajstić information content (AvgIpc) is 2.47. The van der Waals surface area contributed by atoms with Crippen molar-refractivity contribution < 1.29 is 9.59 Å². The number of carbonyl (C=O) groups excluding carboxylic acids is 2. The van der Waals surface area contributed by atoms with Crippen LogP contribution in [0.1, 0.15) is 29.8 Å². The van der Waals surface area contributed by atoms with Crippen molar-refractivity contribution in [1.82, 2.24) is 9.80 Å². The van der Waals surface area contributed by atoms with Gasteiger partial charge in [-0.2, -0.15) is 0 Å². The van der Waals surface area contributed by atoms with E-state index in [1.54, 1.807) is 12.1 Å². The average molecular weight is 289 g/mol. The highest BCUT2D eigenvalue weighted by Crippen LogP contribution is 2.11. The maximum atomic E-state index is 11.9. The van der Waals surface area contributed by atoms with E-state index in [0.717, 1.165) is 38.3 Å². The minimum Gasteiger partial charge on any atom is -0.366 e. The van der Waals surface area contributed by atoms with Crippen LogP contribution >= 0.6 is 0 Å². The Balaban J connectivity index is 1.86. The first-order valence-electron chi connectivity index (χ1n) is 7.37. The summed E-state index contributed by atoms with van der Waals surface area (Å²) in [5.74, 6) is -0.0966. The molecule has 1 aliphatic heterocycles. The number of nitrogens with two attached hydrogens (primary N) is 1. The Morgan fingerprint density at radius 1 is 1.10 bits per heavy atom. The van der Waals surface area contributed by atoms with Crippen LogP contribution in [0, 0.1) is 5.92 Å². The van der Waals surface area contributed by atoms with E-state index in [4.69, 9.17) is 5.73 Å². The third kappa shape index (κ3) is 4.04. The zero-order valence-corrected chi connectivity index (χ0v) is 12.7. The third-order valence-electron chi connectivity index (χ3n) is 3.82. The van der Waals surface area contributed by atoms with Crippen molar-refractivity contribution in [2.75, 3.05) is 26.2 Å². The van der Waals surface area contributed by atoms with Gasteiger partial charge in [-0.05, 0) is 17.7 Å². The Kier molecular flexibility index (Phi) is 4.96. The lowest BCUT2D eigenvalue weighted by atomic mass is 10.1. The van der Waals surface area contributed by atoms with Crippen LogP contribution in [0.2, 0.25) is 0 Å². The predicted octanol–water partition coefficient (Wildman–Crippen LogP) is 1.09. The van der Waals surface area contributed by atoms with E-state index in [1.807, 2.05) is 30.9 Å². The van der Waals surface area contributed by atoms with Gasteiger partial charge < -0.3 is 10.6 Å². The summed E-state index contributed by atoms with van der Waals surface area (Å²) in [4.78, 5) is 27.2. The molecule has 2 N–H and O–H groups in total. The van der Waals surface area contributed by atoms with E-state index in [2.05, 4.69) is 4.90 Å². The number of primary amides is 1. The molecule has 0 aromatic heterocycles. The number of hydrogen-bond donors (Lipinski definition) is 1. The fourth-order valence-electron chi connectivity index (χ4n) is 2.52. The van der Waals surface area contributed by atoms with Gasteiger partial charge in [-0.3, -0.25) is 14.5 Å². The van der Waals surface area contributed by atoms with E-state index >= 15 is 0 Å². The lowest BCUT2D eigenvalue weighted by molar-refractivity contribution is -0.136. The second kappa shape index (κ2) is 6.72. The van der Waals surface area contributed by atoms with Crippen LogP contribution in [0.5, 0.6) is 0 Å². The summed E-state index contributed by atoms with van der Waals surface area (Å²) < 4.78 is 0. The van der Waals surface area contributed by atoms with E-state index in [-0.39, 0.29) is 11.8 Å². The molecular weight excluding hydrogens is 266 g/mol. The summed E-state index contributed by atoms with van der Waals surface area (Å²) in [6, 6.07) is 7.39. The van der Waals surface area contributed by atoms with E-state index in [1.165, 1.54) is 0 Å². The van der Waals surface area contributed by atoms with Crippen LogP contribution in [0.4, 0.5) is 0 Å². The standard InChI is InChI=1S/C16H23N3O2/c1-12(2)16(21)19-9-7-18(8-10-19)11-13-3-5-14(6-4-13)15(17)20/h3-6,12H,7-11H2,1-2H3,(H2,17,20). The van der Waals surface area contributed by atoms with Crippen LogP contribution in [-0.2, 0) is 11.3 Å². The normalized spacial score (nSPS) is 16.2. The first-order valence-corrected chi connectivity index (χ1v) is 7.37. The number of amides is 2. The molecule has 1 fully saturated rings. The molecule has 1 aliphatic rings. The van der Waals surface area contributed by atoms with Gasteiger partial charge in [0.1, 0.15) is 0 Å². The number of benzene rings is 1. The van der Waals surface area contributed by atoms with Crippen molar-refractivity contribution in [1.29, 1.82) is 0 Å². The lowest BCUT2D eigenvalue weighted by Gasteiger charge is -2.35. The van der Waals surface area contributed by atoms with Crippen molar-refractivity contribution in [3.05, 3.63) is 35.4 Å². The quantitative estimate of drug-likeness (QED) is 0.902. The molecule has 1 aromatic carbocycles. The third-order valence-corrected chi connectivity index (χ3v) is 3.82. The Labute approximate surface area is 125 Å². The van der Waals surface area contributed by atoms with Gasteiger partial charge in [0.25, 0.3) is 0 Å². The minimum absolute atomic E-state index is 0.0675. The van der Waals surface area contributed by atoms with Gasteiger partial charge in [0.2, 0.25) is 11.8 Å². The fraction of sp³-hybridized carbons (Fsp3) is 0.500.